The second-order valence-electron chi connectivity index (χ2n) is 4.96. The van der Waals surface area contributed by atoms with Gasteiger partial charge in [-0.2, -0.15) is 0 Å². The molecule has 0 aromatic carbocycles. The zero-order chi connectivity index (χ0) is 11.4. The Labute approximate surface area is 97.1 Å². The second kappa shape index (κ2) is 5.24. The normalized spacial score (nSPS) is 25.3. The van der Waals surface area contributed by atoms with Gasteiger partial charge in [0.2, 0.25) is 0 Å². The lowest BCUT2D eigenvalue weighted by Gasteiger charge is -2.25. The molecular formula is C14H19NO. The largest absolute Gasteiger partial charge is 0.299 e. The number of pyridine rings is 1. The molecule has 86 valence electrons. The highest BCUT2D eigenvalue weighted by molar-refractivity contribution is 5.83. The maximum atomic E-state index is 12.1. The molecule has 1 aromatic heterocycles. The summed E-state index contributed by atoms with van der Waals surface area (Å²) in [5.74, 6) is 1.53. The van der Waals surface area contributed by atoms with E-state index in [2.05, 4.69) is 11.9 Å². The van der Waals surface area contributed by atoms with Crippen molar-refractivity contribution in [2.75, 3.05) is 0 Å². The van der Waals surface area contributed by atoms with E-state index in [0.29, 0.717) is 18.1 Å². The predicted molar refractivity (Wildman–Crippen MR) is 64.1 cm³/mol. The van der Waals surface area contributed by atoms with Crippen LogP contribution in [0.15, 0.2) is 24.5 Å². The van der Waals surface area contributed by atoms with E-state index < -0.39 is 0 Å². The van der Waals surface area contributed by atoms with E-state index in [9.17, 15) is 4.79 Å². The molecule has 0 aliphatic heterocycles. The van der Waals surface area contributed by atoms with Gasteiger partial charge in [-0.1, -0.05) is 19.8 Å². The fourth-order valence-electron chi connectivity index (χ4n) is 2.43. The van der Waals surface area contributed by atoms with Crippen molar-refractivity contribution in [1.82, 2.24) is 4.98 Å². The van der Waals surface area contributed by atoms with E-state index in [-0.39, 0.29) is 0 Å². The van der Waals surface area contributed by atoms with Crippen LogP contribution in [-0.2, 0) is 11.2 Å². The molecule has 1 heterocycles. The fraction of sp³-hybridized carbons (Fsp3) is 0.571. The molecule has 0 bridgehead atoms. The van der Waals surface area contributed by atoms with E-state index >= 15 is 0 Å². The molecular weight excluding hydrogens is 198 g/mol. The monoisotopic (exact) mass is 217 g/mol. The van der Waals surface area contributed by atoms with Gasteiger partial charge in [-0.25, -0.2) is 0 Å². The average Bonchev–Trinajstić information content (AvgIpc) is 2.31. The summed E-state index contributed by atoms with van der Waals surface area (Å²) >= 11 is 0. The van der Waals surface area contributed by atoms with E-state index in [1.807, 2.05) is 12.1 Å². The van der Waals surface area contributed by atoms with E-state index in [4.69, 9.17) is 0 Å². The lowest BCUT2D eigenvalue weighted by atomic mass is 9.80. The number of hydrogen-bond donors (Lipinski definition) is 0. The Morgan fingerprint density at radius 1 is 1.25 bits per heavy atom. The lowest BCUT2D eigenvalue weighted by molar-refractivity contribution is -0.123. The van der Waals surface area contributed by atoms with Gasteiger partial charge in [0.15, 0.2) is 0 Å². The van der Waals surface area contributed by atoms with Crippen LogP contribution in [0.5, 0.6) is 0 Å². The van der Waals surface area contributed by atoms with Gasteiger partial charge in [-0.05, 0) is 36.5 Å². The molecule has 0 unspecified atom stereocenters. The standard InChI is InChI=1S/C14H19NO/c1-11-2-4-13(5-3-11)14(16)10-12-6-8-15-9-7-12/h6-9,11,13H,2-5,10H2,1H3. The third-order valence-electron chi connectivity index (χ3n) is 3.60. The number of hydrogen-bond acceptors (Lipinski definition) is 2. The van der Waals surface area contributed by atoms with Crippen molar-refractivity contribution in [2.45, 2.75) is 39.0 Å². The molecule has 0 atom stereocenters. The summed E-state index contributed by atoms with van der Waals surface area (Å²) in [5, 5.41) is 0. The molecule has 0 radical (unpaired) electrons. The van der Waals surface area contributed by atoms with Gasteiger partial charge >= 0.3 is 0 Å². The smallest absolute Gasteiger partial charge is 0.140 e. The van der Waals surface area contributed by atoms with Gasteiger partial charge in [-0.3, -0.25) is 9.78 Å². The number of rotatable bonds is 3. The summed E-state index contributed by atoms with van der Waals surface area (Å²) in [6.07, 6.45) is 8.70. The van der Waals surface area contributed by atoms with Gasteiger partial charge in [0.1, 0.15) is 5.78 Å². The van der Waals surface area contributed by atoms with Crippen LogP contribution in [0.25, 0.3) is 0 Å². The number of Topliss-reactive ketones (excluding diaryl/α,β-unsaturated/α-hetero) is 1. The molecule has 1 aliphatic carbocycles. The van der Waals surface area contributed by atoms with Crippen LogP contribution in [0.3, 0.4) is 0 Å². The van der Waals surface area contributed by atoms with Crippen LogP contribution in [0.1, 0.15) is 38.2 Å². The van der Waals surface area contributed by atoms with Crippen LogP contribution in [-0.4, -0.2) is 10.8 Å². The minimum absolute atomic E-state index is 0.310. The molecule has 2 rings (SSSR count). The third kappa shape index (κ3) is 2.91. The van der Waals surface area contributed by atoms with Crippen molar-refractivity contribution in [3.63, 3.8) is 0 Å². The summed E-state index contributed by atoms with van der Waals surface area (Å²) in [5.41, 5.74) is 1.10. The Bertz CT molecular complexity index is 339. The average molecular weight is 217 g/mol. The first kappa shape index (κ1) is 11.3. The summed E-state index contributed by atoms with van der Waals surface area (Å²) in [6.45, 7) is 2.28. The first-order valence-corrected chi connectivity index (χ1v) is 6.17. The predicted octanol–water partition coefficient (Wildman–Crippen LogP) is 3.02. The third-order valence-corrected chi connectivity index (χ3v) is 3.60. The maximum absolute atomic E-state index is 12.1. The van der Waals surface area contributed by atoms with Crippen molar-refractivity contribution in [3.05, 3.63) is 30.1 Å². The Morgan fingerprint density at radius 3 is 2.50 bits per heavy atom. The maximum Gasteiger partial charge on any atom is 0.140 e. The Kier molecular flexibility index (Phi) is 3.70. The number of carbonyl (C=O) groups excluding carboxylic acids is 1. The lowest BCUT2D eigenvalue weighted by Crippen LogP contribution is -2.22. The Hall–Kier alpha value is -1.18. The quantitative estimate of drug-likeness (QED) is 0.779. The topological polar surface area (TPSA) is 30.0 Å². The van der Waals surface area contributed by atoms with Crippen LogP contribution in [0.2, 0.25) is 0 Å². The van der Waals surface area contributed by atoms with Crippen molar-refractivity contribution >= 4 is 5.78 Å². The zero-order valence-corrected chi connectivity index (χ0v) is 9.86. The first-order chi connectivity index (χ1) is 7.75. The van der Waals surface area contributed by atoms with Crippen LogP contribution >= 0.6 is 0 Å². The number of carbonyl (C=O) groups is 1. The molecule has 0 N–H and O–H groups in total. The first-order valence-electron chi connectivity index (χ1n) is 6.17. The highest BCUT2D eigenvalue weighted by atomic mass is 16.1. The van der Waals surface area contributed by atoms with E-state index in [1.165, 1.54) is 12.8 Å². The summed E-state index contributed by atoms with van der Waals surface area (Å²) in [7, 11) is 0. The molecule has 2 nitrogen and oxygen atoms in total. The zero-order valence-electron chi connectivity index (χ0n) is 9.86. The number of ketones is 1. The number of nitrogens with zero attached hydrogens (tertiary/aromatic N) is 1. The van der Waals surface area contributed by atoms with Gasteiger partial charge in [0.05, 0.1) is 0 Å². The molecule has 1 aliphatic rings. The van der Waals surface area contributed by atoms with Crippen molar-refractivity contribution in [3.8, 4) is 0 Å². The molecule has 2 heteroatoms. The van der Waals surface area contributed by atoms with Crippen LogP contribution < -0.4 is 0 Å². The SMILES string of the molecule is CC1CCC(C(=O)Cc2ccncc2)CC1. The molecule has 16 heavy (non-hydrogen) atoms. The van der Waals surface area contributed by atoms with Gasteiger partial charge in [-0.15, -0.1) is 0 Å². The highest BCUT2D eigenvalue weighted by Gasteiger charge is 2.23. The molecule has 1 fully saturated rings. The van der Waals surface area contributed by atoms with Gasteiger partial charge in [0, 0.05) is 24.7 Å². The van der Waals surface area contributed by atoms with Crippen molar-refractivity contribution in [1.29, 1.82) is 0 Å². The summed E-state index contributed by atoms with van der Waals surface area (Å²) in [6, 6.07) is 3.87. The number of aromatic nitrogens is 1. The van der Waals surface area contributed by atoms with E-state index in [1.54, 1.807) is 12.4 Å². The van der Waals surface area contributed by atoms with Crippen molar-refractivity contribution in [2.24, 2.45) is 11.8 Å². The van der Waals surface area contributed by atoms with Crippen LogP contribution in [0.4, 0.5) is 0 Å². The molecule has 0 amide bonds. The Balaban J connectivity index is 1.89. The fourth-order valence-corrected chi connectivity index (χ4v) is 2.43. The molecule has 0 saturated heterocycles. The molecule has 1 saturated carbocycles. The molecule has 0 spiro atoms. The van der Waals surface area contributed by atoms with Crippen molar-refractivity contribution < 1.29 is 4.79 Å². The van der Waals surface area contributed by atoms with E-state index in [0.717, 1.165) is 24.3 Å². The minimum atomic E-state index is 0.310. The Morgan fingerprint density at radius 2 is 1.88 bits per heavy atom. The summed E-state index contributed by atoms with van der Waals surface area (Å²) < 4.78 is 0. The molecule has 1 aromatic rings. The van der Waals surface area contributed by atoms with Gasteiger partial charge < -0.3 is 0 Å². The van der Waals surface area contributed by atoms with Gasteiger partial charge in [0.25, 0.3) is 0 Å². The van der Waals surface area contributed by atoms with Crippen LogP contribution in [0, 0.1) is 11.8 Å². The summed E-state index contributed by atoms with van der Waals surface area (Å²) in [4.78, 5) is 16.0. The highest BCUT2D eigenvalue weighted by Crippen LogP contribution is 2.29. The second-order valence-corrected chi connectivity index (χ2v) is 4.96. The minimum Gasteiger partial charge on any atom is -0.299 e.